The molecular formula is C25H21Cl2N3O2. The zero-order valence-corrected chi connectivity index (χ0v) is 19.0. The first-order valence-corrected chi connectivity index (χ1v) is 10.9. The lowest BCUT2D eigenvalue weighted by Gasteiger charge is -2.39. The molecule has 1 N–H and O–H groups in total. The summed E-state index contributed by atoms with van der Waals surface area (Å²) in [4.78, 5) is 16.9. The predicted octanol–water partition coefficient (Wildman–Crippen LogP) is 6.18. The minimum Gasteiger partial charge on any atom is -0.365 e. The summed E-state index contributed by atoms with van der Waals surface area (Å²) in [6.45, 7) is 3.90. The van der Waals surface area contributed by atoms with E-state index in [2.05, 4.69) is 6.07 Å². The molecule has 1 aliphatic rings. The second kappa shape index (κ2) is 8.48. The van der Waals surface area contributed by atoms with Gasteiger partial charge < -0.3 is 5.11 Å². The number of nitriles is 1. The number of anilines is 2. The van der Waals surface area contributed by atoms with Crippen LogP contribution in [0.15, 0.2) is 72.8 Å². The number of rotatable bonds is 4. The molecule has 3 aromatic rings. The van der Waals surface area contributed by atoms with Gasteiger partial charge in [-0.25, -0.2) is 4.79 Å². The van der Waals surface area contributed by atoms with Gasteiger partial charge >= 0.3 is 6.03 Å². The molecule has 1 fully saturated rings. The van der Waals surface area contributed by atoms with Crippen LogP contribution in [0.1, 0.15) is 25.0 Å². The molecule has 2 amide bonds. The van der Waals surface area contributed by atoms with Crippen molar-refractivity contribution in [3.63, 3.8) is 0 Å². The van der Waals surface area contributed by atoms with Crippen molar-refractivity contribution < 1.29 is 9.90 Å². The van der Waals surface area contributed by atoms with E-state index in [9.17, 15) is 15.2 Å². The number of hydrogen-bond donors (Lipinski definition) is 1. The summed E-state index contributed by atoms with van der Waals surface area (Å²) in [6.07, 6.45) is 0. The molecule has 0 aromatic heterocycles. The largest absolute Gasteiger partial charge is 0.365 e. The Morgan fingerprint density at radius 2 is 1.53 bits per heavy atom. The quantitative estimate of drug-likeness (QED) is 0.499. The average Bonchev–Trinajstić information content (AvgIpc) is 3.03. The number of amides is 2. The Labute approximate surface area is 197 Å². The smallest absolute Gasteiger partial charge is 0.332 e. The van der Waals surface area contributed by atoms with Crippen LogP contribution in [0.25, 0.3) is 0 Å². The van der Waals surface area contributed by atoms with Gasteiger partial charge in [-0.3, -0.25) is 9.80 Å². The lowest BCUT2D eigenvalue weighted by atomic mass is 9.86. The third-order valence-electron chi connectivity index (χ3n) is 5.67. The summed E-state index contributed by atoms with van der Waals surface area (Å²) < 4.78 is 0. The third-order valence-corrected chi connectivity index (χ3v) is 6.17. The molecule has 0 spiro atoms. The van der Waals surface area contributed by atoms with Crippen molar-refractivity contribution in [3.05, 3.63) is 94.0 Å². The third kappa shape index (κ3) is 3.61. The van der Waals surface area contributed by atoms with Crippen LogP contribution in [0.4, 0.5) is 16.2 Å². The van der Waals surface area contributed by atoms with Gasteiger partial charge in [0.2, 0.25) is 0 Å². The number of hydrogen-bond acceptors (Lipinski definition) is 3. The molecule has 162 valence electrons. The van der Waals surface area contributed by atoms with E-state index < -0.39 is 17.8 Å². The Bertz CT molecular complexity index is 1190. The molecule has 2 atom stereocenters. The fourth-order valence-corrected chi connectivity index (χ4v) is 4.59. The van der Waals surface area contributed by atoms with E-state index in [0.29, 0.717) is 32.5 Å². The van der Waals surface area contributed by atoms with Gasteiger partial charge in [-0.15, -0.1) is 0 Å². The molecule has 4 rings (SSSR count). The molecule has 3 aromatic carbocycles. The van der Waals surface area contributed by atoms with Crippen molar-refractivity contribution >= 4 is 40.6 Å². The zero-order chi connectivity index (χ0) is 23.0. The summed E-state index contributed by atoms with van der Waals surface area (Å²) >= 11 is 12.1. The topological polar surface area (TPSA) is 67.6 Å². The first-order valence-electron chi connectivity index (χ1n) is 10.1. The van der Waals surface area contributed by atoms with E-state index in [1.807, 2.05) is 13.8 Å². The van der Waals surface area contributed by atoms with Crippen LogP contribution in [0.3, 0.4) is 0 Å². The monoisotopic (exact) mass is 465 g/mol. The van der Waals surface area contributed by atoms with Gasteiger partial charge in [0, 0.05) is 27.0 Å². The number of nitrogens with zero attached hydrogens (tertiary/aromatic N) is 3. The lowest BCUT2D eigenvalue weighted by Crippen LogP contribution is -2.52. The highest BCUT2D eigenvalue weighted by atomic mass is 35.5. The van der Waals surface area contributed by atoms with E-state index >= 15 is 0 Å². The number of aliphatic hydroxyl groups is 1. The van der Waals surface area contributed by atoms with Crippen LogP contribution in [0, 0.1) is 17.2 Å². The van der Waals surface area contributed by atoms with E-state index in [-0.39, 0.29) is 5.92 Å². The summed E-state index contributed by atoms with van der Waals surface area (Å²) in [5.74, 6) is -0.136. The van der Waals surface area contributed by atoms with E-state index in [4.69, 9.17) is 23.2 Å². The maximum absolute atomic E-state index is 13.9. The van der Waals surface area contributed by atoms with Gasteiger partial charge in [0.05, 0.1) is 17.7 Å². The summed E-state index contributed by atoms with van der Waals surface area (Å²) in [7, 11) is 0. The Morgan fingerprint density at radius 1 is 0.969 bits per heavy atom. The minimum atomic E-state index is -1.74. The van der Waals surface area contributed by atoms with E-state index in [0.717, 1.165) is 0 Å². The highest BCUT2D eigenvalue weighted by Crippen LogP contribution is 2.47. The number of halogens is 2. The van der Waals surface area contributed by atoms with Gasteiger partial charge in [-0.05, 0) is 66.6 Å². The lowest BCUT2D eigenvalue weighted by molar-refractivity contribution is 0.0178. The van der Waals surface area contributed by atoms with Gasteiger partial charge in [-0.1, -0.05) is 49.2 Å². The van der Waals surface area contributed by atoms with Gasteiger partial charge in [0.15, 0.2) is 5.72 Å². The fourth-order valence-electron chi connectivity index (χ4n) is 4.34. The molecule has 5 nitrogen and oxygen atoms in total. The Kier molecular flexibility index (Phi) is 5.87. The van der Waals surface area contributed by atoms with Crippen LogP contribution in [0.5, 0.6) is 0 Å². The maximum atomic E-state index is 13.9. The molecule has 1 saturated heterocycles. The van der Waals surface area contributed by atoms with Crippen LogP contribution in [-0.2, 0) is 5.72 Å². The van der Waals surface area contributed by atoms with Crippen molar-refractivity contribution in [3.8, 4) is 6.07 Å². The number of carbonyl (C=O) groups excluding carboxylic acids is 1. The average molecular weight is 466 g/mol. The number of carbonyl (C=O) groups is 1. The molecule has 0 radical (unpaired) electrons. The van der Waals surface area contributed by atoms with Gasteiger partial charge in [-0.2, -0.15) is 5.26 Å². The molecule has 2 unspecified atom stereocenters. The Morgan fingerprint density at radius 3 is 2.06 bits per heavy atom. The summed E-state index contributed by atoms with van der Waals surface area (Å²) in [5.41, 5.74) is 0.212. The standard InChI is InChI=1S/C25H21Cl2N3O2/c1-16(2)23-25(32,18-5-3-4-17(14-18)15-28)30(22-12-8-20(27)9-13-22)24(31)29(23)21-10-6-19(26)7-11-21/h3-14,16,23,32H,1-2H3. The van der Waals surface area contributed by atoms with Crippen LogP contribution in [-0.4, -0.2) is 17.2 Å². The Balaban J connectivity index is 1.98. The molecular weight excluding hydrogens is 445 g/mol. The minimum absolute atomic E-state index is 0.136. The summed E-state index contributed by atoms with van der Waals surface area (Å²) in [6, 6.07) is 21.5. The number of urea groups is 1. The first-order chi connectivity index (χ1) is 15.3. The fraction of sp³-hybridized carbons (Fsp3) is 0.200. The number of benzene rings is 3. The van der Waals surface area contributed by atoms with Crippen LogP contribution >= 0.6 is 23.2 Å². The van der Waals surface area contributed by atoms with Crippen LogP contribution < -0.4 is 9.80 Å². The second-order valence-electron chi connectivity index (χ2n) is 8.05. The van der Waals surface area contributed by atoms with Gasteiger partial charge in [0.1, 0.15) is 0 Å². The zero-order valence-electron chi connectivity index (χ0n) is 17.5. The summed E-state index contributed by atoms with van der Waals surface area (Å²) in [5, 5.41) is 22.9. The molecule has 1 heterocycles. The molecule has 0 saturated carbocycles. The highest BCUT2D eigenvalue weighted by molar-refractivity contribution is 6.31. The van der Waals surface area contributed by atoms with Crippen molar-refractivity contribution in [1.29, 1.82) is 5.26 Å². The van der Waals surface area contributed by atoms with Crippen molar-refractivity contribution in [2.75, 3.05) is 9.80 Å². The van der Waals surface area contributed by atoms with Crippen molar-refractivity contribution in [2.24, 2.45) is 5.92 Å². The Hall–Kier alpha value is -3.04. The predicted molar refractivity (Wildman–Crippen MR) is 127 cm³/mol. The van der Waals surface area contributed by atoms with E-state index in [1.54, 1.807) is 77.7 Å². The molecule has 0 aliphatic carbocycles. The van der Waals surface area contributed by atoms with E-state index in [1.165, 1.54) is 4.90 Å². The van der Waals surface area contributed by atoms with Crippen LogP contribution in [0.2, 0.25) is 10.0 Å². The molecule has 32 heavy (non-hydrogen) atoms. The molecule has 0 bridgehead atoms. The second-order valence-corrected chi connectivity index (χ2v) is 8.92. The SMILES string of the molecule is CC(C)C1N(c2ccc(Cl)cc2)C(=O)N(c2ccc(Cl)cc2)C1(O)c1cccc(C#N)c1. The van der Waals surface area contributed by atoms with Gasteiger partial charge in [0.25, 0.3) is 0 Å². The normalized spacial score (nSPS) is 20.7. The maximum Gasteiger partial charge on any atom is 0.332 e. The first kappa shape index (κ1) is 22.2. The highest BCUT2D eigenvalue weighted by Gasteiger charge is 2.59. The van der Waals surface area contributed by atoms with Crippen molar-refractivity contribution in [1.82, 2.24) is 0 Å². The molecule has 7 heteroatoms. The van der Waals surface area contributed by atoms with Crippen molar-refractivity contribution in [2.45, 2.75) is 25.6 Å². The molecule has 1 aliphatic heterocycles.